The first-order chi connectivity index (χ1) is 14.8. The Morgan fingerprint density at radius 2 is 1.55 bits per heavy atom. The van der Waals surface area contributed by atoms with Crippen molar-refractivity contribution in [1.82, 2.24) is 0 Å². The van der Waals surface area contributed by atoms with Crippen LogP contribution in [0.2, 0.25) is 0 Å². The predicted octanol–water partition coefficient (Wildman–Crippen LogP) is 6.22. The van der Waals surface area contributed by atoms with Gasteiger partial charge in [0.25, 0.3) is 0 Å². The van der Waals surface area contributed by atoms with Gasteiger partial charge in [-0.25, -0.2) is 0 Å². The Morgan fingerprint density at radius 3 is 2.23 bits per heavy atom. The second-order valence-electron chi connectivity index (χ2n) is 6.63. The standard InChI is InChI=1S/C24H19F3O4/c25-24(26,27)19-11-9-17(10-12-19)5-3-13-30-20-6-2-8-22(16-20)31-21-7-1-4-18(14-21)15-23(28)29/h1-12,14,16H,13,15H2,(H,28,29)/b5-3+. The average Bonchev–Trinajstić information content (AvgIpc) is 2.71. The molecule has 0 saturated carbocycles. The van der Waals surface area contributed by atoms with E-state index in [0.717, 1.165) is 12.1 Å². The van der Waals surface area contributed by atoms with Gasteiger partial charge >= 0.3 is 12.1 Å². The fraction of sp³-hybridized carbons (Fsp3) is 0.125. The van der Waals surface area contributed by atoms with E-state index in [1.54, 1.807) is 60.7 Å². The zero-order valence-corrected chi connectivity index (χ0v) is 16.3. The number of hydrogen-bond acceptors (Lipinski definition) is 3. The second-order valence-corrected chi connectivity index (χ2v) is 6.63. The zero-order valence-electron chi connectivity index (χ0n) is 16.3. The predicted molar refractivity (Wildman–Crippen MR) is 110 cm³/mol. The molecule has 3 rings (SSSR count). The fourth-order valence-corrected chi connectivity index (χ4v) is 2.77. The minimum atomic E-state index is -4.35. The van der Waals surface area contributed by atoms with Gasteiger partial charge < -0.3 is 14.6 Å². The van der Waals surface area contributed by atoms with Crippen molar-refractivity contribution in [1.29, 1.82) is 0 Å². The maximum atomic E-state index is 12.6. The number of benzene rings is 3. The van der Waals surface area contributed by atoms with Crippen LogP contribution in [0.5, 0.6) is 17.2 Å². The van der Waals surface area contributed by atoms with Crippen LogP contribution in [0, 0.1) is 0 Å². The van der Waals surface area contributed by atoms with E-state index in [0.29, 0.717) is 28.4 Å². The topological polar surface area (TPSA) is 55.8 Å². The monoisotopic (exact) mass is 428 g/mol. The summed E-state index contributed by atoms with van der Waals surface area (Å²) in [5.74, 6) is 0.669. The smallest absolute Gasteiger partial charge is 0.416 e. The Bertz CT molecular complexity index is 1060. The largest absolute Gasteiger partial charge is 0.489 e. The summed E-state index contributed by atoms with van der Waals surface area (Å²) >= 11 is 0. The van der Waals surface area contributed by atoms with Crippen LogP contribution < -0.4 is 9.47 Å². The minimum absolute atomic E-state index is 0.0916. The van der Waals surface area contributed by atoms with E-state index in [-0.39, 0.29) is 13.0 Å². The molecule has 160 valence electrons. The van der Waals surface area contributed by atoms with Crippen molar-refractivity contribution in [2.45, 2.75) is 12.6 Å². The van der Waals surface area contributed by atoms with Gasteiger partial charge in [0, 0.05) is 6.07 Å². The Hall–Kier alpha value is -3.74. The number of carboxylic acid groups (broad SMARTS) is 1. The van der Waals surface area contributed by atoms with Gasteiger partial charge in [-0.05, 0) is 53.6 Å². The quantitative estimate of drug-likeness (QED) is 0.463. The highest BCUT2D eigenvalue weighted by Crippen LogP contribution is 2.29. The third kappa shape index (κ3) is 6.92. The summed E-state index contributed by atoms with van der Waals surface area (Å²) in [6.45, 7) is 0.221. The van der Waals surface area contributed by atoms with Gasteiger partial charge in [-0.1, -0.05) is 36.4 Å². The molecule has 0 bridgehead atoms. The Labute approximate surface area is 177 Å². The SMILES string of the molecule is O=C(O)Cc1cccc(Oc2cccc(OC/C=C/c3ccc(C(F)(F)F)cc3)c2)c1. The van der Waals surface area contributed by atoms with Crippen LogP contribution in [0.15, 0.2) is 78.9 Å². The van der Waals surface area contributed by atoms with Gasteiger partial charge in [-0.15, -0.1) is 0 Å². The molecule has 4 nitrogen and oxygen atoms in total. The van der Waals surface area contributed by atoms with Crippen molar-refractivity contribution in [3.8, 4) is 17.2 Å². The van der Waals surface area contributed by atoms with Gasteiger partial charge in [0.1, 0.15) is 23.9 Å². The van der Waals surface area contributed by atoms with Crippen LogP contribution >= 0.6 is 0 Å². The molecule has 7 heteroatoms. The summed E-state index contributed by atoms with van der Waals surface area (Å²) in [6, 6.07) is 18.6. The molecule has 0 radical (unpaired) electrons. The molecule has 0 aliphatic rings. The molecule has 0 spiro atoms. The van der Waals surface area contributed by atoms with Crippen LogP contribution in [-0.4, -0.2) is 17.7 Å². The number of carboxylic acids is 1. The van der Waals surface area contributed by atoms with Gasteiger partial charge in [0.15, 0.2) is 0 Å². The number of hydrogen-bond donors (Lipinski definition) is 1. The van der Waals surface area contributed by atoms with Crippen LogP contribution in [-0.2, 0) is 17.4 Å². The molecule has 3 aromatic carbocycles. The van der Waals surface area contributed by atoms with Crippen molar-refractivity contribution in [2.75, 3.05) is 6.61 Å². The lowest BCUT2D eigenvalue weighted by Gasteiger charge is -2.09. The first kappa shape index (κ1) is 22.0. The van der Waals surface area contributed by atoms with E-state index >= 15 is 0 Å². The number of aliphatic carboxylic acids is 1. The van der Waals surface area contributed by atoms with E-state index in [1.807, 2.05) is 0 Å². The van der Waals surface area contributed by atoms with Crippen molar-refractivity contribution in [3.05, 3.63) is 95.6 Å². The molecule has 0 aromatic heterocycles. The molecule has 0 fully saturated rings. The van der Waals surface area contributed by atoms with Crippen LogP contribution in [0.1, 0.15) is 16.7 Å². The number of halogens is 3. The highest BCUT2D eigenvalue weighted by molar-refractivity contribution is 5.70. The molecule has 0 aliphatic carbocycles. The lowest BCUT2D eigenvalue weighted by molar-refractivity contribution is -0.138. The molecular formula is C24H19F3O4. The molecule has 0 amide bonds. The number of rotatable bonds is 8. The molecule has 0 aliphatic heterocycles. The van der Waals surface area contributed by atoms with E-state index in [4.69, 9.17) is 14.6 Å². The highest BCUT2D eigenvalue weighted by Gasteiger charge is 2.29. The Morgan fingerprint density at radius 1 is 0.903 bits per heavy atom. The van der Waals surface area contributed by atoms with Gasteiger partial charge in [0.2, 0.25) is 0 Å². The van der Waals surface area contributed by atoms with Gasteiger partial charge in [-0.3, -0.25) is 4.79 Å². The summed E-state index contributed by atoms with van der Waals surface area (Å²) in [4.78, 5) is 10.8. The fourth-order valence-electron chi connectivity index (χ4n) is 2.77. The molecule has 1 N–H and O–H groups in total. The molecule has 0 atom stereocenters. The molecule has 31 heavy (non-hydrogen) atoms. The summed E-state index contributed by atoms with van der Waals surface area (Å²) < 4.78 is 49.2. The van der Waals surface area contributed by atoms with Crippen LogP contribution in [0.3, 0.4) is 0 Å². The lowest BCUT2D eigenvalue weighted by Crippen LogP contribution is -2.03. The molecule has 3 aromatic rings. The lowest BCUT2D eigenvalue weighted by atomic mass is 10.1. The van der Waals surface area contributed by atoms with Crippen molar-refractivity contribution < 1.29 is 32.5 Å². The molecule has 0 unspecified atom stereocenters. The first-order valence-electron chi connectivity index (χ1n) is 9.35. The van der Waals surface area contributed by atoms with Gasteiger partial charge in [0.05, 0.1) is 12.0 Å². The number of ether oxygens (including phenoxy) is 2. The Kier molecular flexibility index (Phi) is 6.97. The maximum absolute atomic E-state index is 12.6. The second kappa shape index (κ2) is 9.84. The molecular weight excluding hydrogens is 409 g/mol. The number of alkyl halides is 3. The minimum Gasteiger partial charge on any atom is -0.489 e. The highest BCUT2D eigenvalue weighted by atomic mass is 19.4. The summed E-state index contributed by atoms with van der Waals surface area (Å²) in [6.07, 6.45) is -1.07. The van der Waals surface area contributed by atoms with Crippen molar-refractivity contribution >= 4 is 12.0 Å². The molecule has 0 heterocycles. The van der Waals surface area contributed by atoms with E-state index < -0.39 is 17.7 Å². The van der Waals surface area contributed by atoms with E-state index in [1.165, 1.54) is 12.1 Å². The maximum Gasteiger partial charge on any atom is 0.416 e. The van der Waals surface area contributed by atoms with Crippen LogP contribution in [0.25, 0.3) is 6.08 Å². The number of carbonyl (C=O) groups is 1. The third-order valence-electron chi connectivity index (χ3n) is 4.19. The van der Waals surface area contributed by atoms with Crippen molar-refractivity contribution in [2.24, 2.45) is 0 Å². The van der Waals surface area contributed by atoms with E-state index in [9.17, 15) is 18.0 Å². The average molecular weight is 428 g/mol. The normalized spacial score (nSPS) is 11.5. The first-order valence-corrected chi connectivity index (χ1v) is 9.35. The van der Waals surface area contributed by atoms with Crippen LogP contribution in [0.4, 0.5) is 13.2 Å². The third-order valence-corrected chi connectivity index (χ3v) is 4.19. The van der Waals surface area contributed by atoms with Crippen molar-refractivity contribution in [3.63, 3.8) is 0 Å². The van der Waals surface area contributed by atoms with E-state index in [2.05, 4.69) is 0 Å². The van der Waals surface area contributed by atoms with Gasteiger partial charge in [-0.2, -0.15) is 13.2 Å². The zero-order chi connectivity index (χ0) is 22.3. The summed E-state index contributed by atoms with van der Waals surface area (Å²) in [5.41, 5.74) is 0.576. The summed E-state index contributed by atoms with van der Waals surface area (Å²) in [7, 11) is 0. The molecule has 0 saturated heterocycles. The summed E-state index contributed by atoms with van der Waals surface area (Å²) in [5, 5.41) is 8.90. The Balaban J connectivity index is 1.56.